The summed E-state index contributed by atoms with van der Waals surface area (Å²) in [5.41, 5.74) is 0. The van der Waals surface area contributed by atoms with E-state index in [2.05, 4.69) is 20.6 Å². The second-order valence-corrected chi connectivity index (χ2v) is 20.5. The van der Waals surface area contributed by atoms with Crippen LogP contribution in [0.4, 0.5) is 11.9 Å². The van der Waals surface area contributed by atoms with Gasteiger partial charge >= 0.3 is 17.9 Å². The van der Waals surface area contributed by atoms with Crippen LogP contribution in [0.2, 0.25) is 0 Å². The van der Waals surface area contributed by atoms with Crippen LogP contribution < -0.4 is 10.6 Å². The number of carboxylic acids is 1. The number of aromatic nitrogens is 4. The molecule has 0 aliphatic carbocycles. The molecule has 0 spiro atoms. The largest absolute Gasteiger partial charge is 0.481 e. The lowest BCUT2D eigenvalue weighted by Gasteiger charge is -2.28. The van der Waals surface area contributed by atoms with Gasteiger partial charge in [0.1, 0.15) is 24.8 Å². The molecule has 28 heteroatoms. The van der Waals surface area contributed by atoms with Crippen molar-refractivity contribution < 1.29 is 57.7 Å². The molecule has 2 aromatic heterocycles. The number of nitrogens with zero attached hydrogens (tertiary/aromatic N) is 9. The van der Waals surface area contributed by atoms with E-state index >= 15 is 0 Å². The summed E-state index contributed by atoms with van der Waals surface area (Å²) in [5, 5.41) is 36.1. The van der Waals surface area contributed by atoms with Gasteiger partial charge in [0.25, 0.3) is 0 Å². The minimum atomic E-state index is -3.99. The Bertz CT molecular complexity index is 1720. The van der Waals surface area contributed by atoms with E-state index in [1.165, 1.54) is 33.9 Å². The maximum atomic E-state index is 13.3. The number of carboxylic acid groups (broad SMARTS) is 1. The number of nitrogens with one attached hydrogen (secondary N) is 2. The van der Waals surface area contributed by atoms with Gasteiger partial charge in [0.05, 0.1) is 38.4 Å². The molecule has 0 radical (unpaired) electrons. The van der Waals surface area contributed by atoms with Crippen molar-refractivity contribution in [2.24, 2.45) is 0 Å². The predicted molar refractivity (Wildman–Crippen MR) is 199 cm³/mol. The van der Waals surface area contributed by atoms with Gasteiger partial charge in [-0.05, 0) is 9.85 Å². The van der Waals surface area contributed by atoms with Crippen LogP contribution in [0, 0.1) is 20.2 Å². The first-order valence-electron chi connectivity index (χ1n) is 17.4. The summed E-state index contributed by atoms with van der Waals surface area (Å²) in [6.45, 7) is 0.885. The van der Waals surface area contributed by atoms with Crippen molar-refractivity contribution in [3.8, 4) is 0 Å². The third kappa shape index (κ3) is 17.1. The van der Waals surface area contributed by atoms with Crippen molar-refractivity contribution in [2.45, 2.75) is 32.4 Å². The Labute approximate surface area is 320 Å². The van der Waals surface area contributed by atoms with Gasteiger partial charge in [-0.1, -0.05) is 9.97 Å². The number of hydrogen-bond donors (Lipinski definition) is 6. The lowest BCUT2D eigenvalue weighted by Crippen LogP contribution is -2.37. The Hall–Kier alpha value is -3.92. The van der Waals surface area contributed by atoms with Crippen LogP contribution in [-0.4, -0.2) is 171 Å². The maximum absolute atomic E-state index is 13.3. The van der Waals surface area contributed by atoms with Gasteiger partial charge in [-0.15, -0.1) is 0 Å². The molecular weight excluding hydrogens is 807 g/mol. The summed E-state index contributed by atoms with van der Waals surface area (Å²) in [5.74, 6) is -3.16. The molecule has 0 aromatic carbocycles. The second-order valence-electron chi connectivity index (χ2n) is 13.2. The molecule has 3 atom stereocenters. The average molecular weight is 856 g/mol. The number of amides is 2. The molecule has 1 saturated heterocycles. The lowest BCUT2D eigenvalue weighted by molar-refractivity contribution is -0.396. The lowest BCUT2D eigenvalue weighted by atomic mass is 10.4. The second kappa shape index (κ2) is 21.6. The smallest absolute Gasteiger partial charge is 0.434 e. The molecule has 6 N–H and O–H groups in total. The number of aliphatic carboxylic acids is 1. The topological polar surface area (TPSA) is 339 Å². The highest BCUT2D eigenvalue weighted by atomic mass is 31.2. The van der Waals surface area contributed by atoms with E-state index in [9.17, 15) is 63.0 Å². The number of nitro groups is 2. The van der Waals surface area contributed by atoms with Crippen LogP contribution in [0.3, 0.4) is 0 Å². The summed E-state index contributed by atoms with van der Waals surface area (Å²) in [6.07, 6.45) is 1.63. The fraction of sp³-hybridized carbons (Fsp3) is 0.679. The normalized spacial score (nSPS) is 18.0. The van der Waals surface area contributed by atoms with Gasteiger partial charge in [0.15, 0.2) is 0 Å². The van der Waals surface area contributed by atoms with Gasteiger partial charge in [-0.2, -0.15) is 0 Å². The Balaban J connectivity index is 1.58. The van der Waals surface area contributed by atoms with E-state index in [4.69, 9.17) is 5.11 Å². The first-order chi connectivity index (χ1) is 26.2. The number of imidazole rings is 2. The molecule has 314 valence electrons. The van der Waals surface area contributed by atoms with Crippen LogP contribution in [0.25, 0.3) is 0 Å². The molecule has 1 aliphatic rings. The number of carbonyl (C=O) groups is 3. The van der Waals surface area contributed by atoms with Crippen molar-refractivity contribution in [3.63, 3.8) is 0 Å². The van der Waals surface area contributed by atoms with Crippen molar-refractivity contribution >= 4 is 51.8 Å². The maximum Gasteiger partial charge on any atom is 0.434 e. The molecule has 25 nitrogen and oxygen atoms in total. The summed E-state index contributed by atoms with van der Waals surface area (Å²) < 4.78 is 41.9. The summed E-state index contributed by atoms with van der Waals surface area (Å²) in [7, 11) is -11.9. The minimum absolute atomic E-state index is 0.00315. The monoisotopic (exact) mass is 855 g/mol. The molecule has 2 amide bonds. The van der Waals surface area contributed by atoms with Crippen LogP contribution in [0.5, 0.6) is 0 Å². The standard InChI is InChI=1S/C28H48N11O14P3/c40-24(29-4-8-36-10-6-31-27(36)38(44)45)1-18-54(48,49)21-33-12-13-34(15-17-35(16-14-33)23-56(52,53)20-3-26(42)43)22-55(50,51)19-2-25(41)30-5-9-37-11-7-32-28(37)39(46)47/h6-7,10-11H,1-5,8-9,12-23H2,(H,29,40)(H,30,41)(H,42,43)(H,48,49)(H,50,51)(H,52,53). The fourth-order valence-corrected chi connectivity index (χ4v) is 10.5. The van der Waals surface area contributed by atoms with Crippen LogP contribution in [-0.2, 0) is 41.2 Å². The molecular formula is C28H48N11O14P3. The molecule has 1 fully saturated rings. The van der Waals surface area contributed by atoms with Crippen molar-refractivity contribution in [2.75, 3.05) is 89.7 Å². The first kappa shape index (κ1) is 46.5. The number of hydrogen-bond acceptors (Lipinski definition) is 15. The Morgan fingerprint density at radius 1 is 0.643 bits per heavy atom. The number of rotatable bonds is 23. The molecule has 3 heterocycles. The van der Waals surface area contributed by atoms with Gasteiger partial charge in [0.2, 0.25) is 33.9 Å². The van der Waals surface area contributed by atoms with E-state index in [0.29, 0.717) is 0 Å². The van der Waals surface area contributed by atoms with Crippen molar-refractivity contribution in [1.82, 2.24) is 44.4 Å². The third-order valence-electron chi connectivity index (χ3n) is 8.58. The van der Waals surface area contributed by atoms with E-state index in [0.717, 1.165) is 0 Å². The molecule has 0 bridgehead atoms. The van der Waals surface area contributed by atoms with Crippen molar-refractivity contribution in [3.05, 3.63) is 45.0 Å². The summed E-state index contributed by atoms with van der Waals surface area (Å²) in [4.78, 5) is 101. The highest BCUT2D eigenvalue weighted by Gasteiger charge is 2.30. The van der Waals surface area contributed by atoms with Gasteiger partial charge in [-0.3, -0.25) is 42.8 Å². The van der Waals surface area contributed by atoms with E-state index in [1.54, 1.807) is 14.7 Å². The fourth-order valence-electron chi connectivity index (χ4n) is 5.68. The van der Waals surface area contributed by atoms with Gasteiger partial charge in [0, 0.05) is 83.7 Å². The summed E-state index contributed by atoms with van der Waals surface area (Å²) in [6, 6.07) is 0. The van der Waals surface area contributed by atoms with Gasteiger partial charge < -0.3 is 50.6 Å². The Morgan fingerprint density at radius 3 is 1.27 bits per heavy atom. The van der Waals surface area contributed by atoms with Crippen LogP contribution >= 0.6 is 22.1 Å². The molecule has 56 heavy (non-hydrogen) atoms. The van der Waals surface area contributed by atoms with E-state index in [-0.39, 0.29) is 97.1 Å². The molecule has 1 aliphatic heterocycles. The number of carbonyl (C=O) groups excluding carboxylic acids is 2. The van der Waals surface area contributed by atoms with Crippen LogP contribution in [0.15, 0.2) is 24.8 Å². The van der Waals surface area contributed by atoms with E-state index < -0.39 is 86.5 Å². The highest BCUT2D eigenvalue weighted by Crippen LogP contribution is 2.44. The molecule has 3 rings (SSSR count). The summed E-state index contributed by atoms with van der Waals surface area (Å²) >= 11 is 0. The third-order valence-corrected chi connectivity index (χ3v) is 13.9. The first-order valence-corrected chi connectivity index (χ1v) is 23.5. The molecule has 3 unspecified atom stereocenters. The van der Waals surface area contributed by atoms with E-state index in [1.807, 2.05) is 0 Å². The zero-order chi connectivity index (χ0) is 41.5. The Morgan fingerprint density at radius 2 is 0.964 bits per heavy atom. The molecule has 2 aromatic rings. The Kier molecular flexibility index (Phi) is 17.9. The minimum Gasteiger partial charge on any atom is -0.481 e. The quantitative estimate of drug-likeness (QED) is 0.0474. The highest BCUT2D eigenvalue weighted by molar-refractivity contribution is 7.58. The van der Waals surface area contributed by atoms with Crippen molar-refractivity contribution in [1.29, 1.82) is 0 Å². The average Bonchev–Trinajstić information content (AvgIpc) is 3.79. The zero-order valence-corrected chi connectivity index (χ0v) is 33.2. The van der Waals surface area contributed by atoms with Gasteiger partial charge in [-0.25, -0.2) is 9.13 Å². The van der Waals surface area contributed by atoms with Crippen LogP contribution in [0.1, 0.15) is 19.3 Å². The predicted octanol–water partition coefficient (Wildman–Crippen LogP) is -0.313. The zero-order valence-electron chi connectivity index (χ0n) is 30.5. The SMILES string of the molecule is O=C(O)CCP(=O)(O)CN1CCN(CP(=O)(O)CCC(=O)NCCn2ccnc2[N+](=O)[O-])CCN(CP(=O)(O)CCC(=O)NCCn2ccnc2[N+](=O)[O-])CC1. The molecule has 0 saturated carbocycles.